The maximum atomic E-state index is 13.7. The minimum atomic E-state index is -0.600. The number of aryl methyl sites for hydroxylation is 2. The van der Waals surface area contributed by atoms with Gasteiger partial charge in [-0.25, -0.2) is 9.97 Å². The summed E-state index contributed by atoms with van der Waals surface area (Å²) in [5.74, 6) is 0.564. The van der Waals surface area contributed by atoms with E-state index in [2.05, 4.69) is 15.0 Å². The van der Waals surface area contributed by atoms with Crippen LogP contribution in [0.4, 0.5) is 0 Å². The van der Waals surface area contributed by atoms with Crippen LogP contribution in [-0.4, -0.2) is 45.1 Å². The summed E-state index contributed by atoms with van der Waals surface area (Å²) in [4.78, 5) is 27.1. The van der Waals surface area contributed by atoms with Gasteiger partial charge in [0, 0.05) is 39.0 Å². The van der Waals surface area contributed by atoms with Crippen LogP contribution >= 0.6 is 11.6 Å². The van der Waals surface area contributed by atoms with Crippen LogP contribution in [0.25, 0.3) is 33.4 Å². The third-order valence-electron chi connectivity index (χ3n) is 5.71. The summed E-state index contributed by atoms with van der Waals surface area (Å²) in [6.45, 7) is 4.63. The van der Waals surface area contributed by atoms with Crippen molar-refractivity contribution in [2.75, 3.05) is 13.2 Å². The van der Waals surface area contributed by atoms with Crippen LogP contribution in [0.3, 0.4) is 0 Å². The molecule has 2 N–H and O–H groups in total. The standard InChI is InChI=1S/C25H24ClN5O3/c1-14-4-3-5-22(29-14)16-6-7-19(21(26)9-16)20-8-17-10-28-15(2)30-24(17)31(25(20)32)11-23-33-12-18(27)13-34-23/h3-10,18,23H,11-13,27H2,1-2H3. The van der Waals surface area contributed by atoms with Gasteiger partial charge < -0.3 is 15.2 Å². The number of ether oxygens (including phenoxy) is 2. The summed E-state index contributed by atoms with van der Waals surface area (Å²) >= 11 is 6.69. The zero-order chi connectivity index (χ0) is 23.8. The van der Waals surface area contributed by atoms with E-state index in [0.717, 1.165) is 17.0 Å². The summed E-state index contributed by atoms with van der Waals surface area (Å²) < 4.78 is 12.9. The molecule has 1 fully saturated rings. The van der Waals surface area contributed by atoms with Gasteiger partial charge in [-0.2, -0.15) is 0 Å². The number of nitrogens with two attached hydrogens (primary N) is 1. The van der Waals surface area contributed by atoms with Crippen molar-refractivity contribution in [1.82, 2.24) is 19.5 Å². The second-order valence-corrected chi connectivity index (χ2v) is 8.79. The Morgan fingerprint density at radius 2 is 1.88 bits per heavy atom. The minimum absolute atomic E-state index is 0.176. The Kier molecular flexibility index (Phi) is 6.14. The summed E-state index contributed by atoms with van der Waals surface area (Å²) in [6.07, 6.45) is 1.10. The van der Waals surface area contributed by atoms with Crippen molar-refractivity contribution in [2.24, 2.45) is 5.73 Å². The number of pyridine rings is 2. The lowest BCUT2D eigenvalue weighted by molar-refractivity contribution is -0.191. The number of hydrogen-bond donors (Lipinski definition) is 1. The SMILES string of the molecule is Cc1cccc(-c2ccc(-c3cc4cnc(C)nc4n(CC4OCC(N)CO4)c3=O)c(Cl)c2)n1. The van der Waals surface area contributed by atoms with E-state index in [1.165, 1.54) is 0 Å². The number of fused-ring (bicyclic) bond motifs is 1. The molecule has 0 bridgehead atoms. The van der Waals surface area contributed by atoms with Crippen molar-refractivity contribution in [1.29, 1.82) is 0 Å². The van der Waals surface area contributed by atoms with Crippen molar-refractivity contribution in [3.8, 4) is 22.4 Å². The van der Waals surface area contributed by atoms with Gasteiger partial charge in [-0.1, -0.05) is 29.8 Å². The van der Waals surface area contributed by atoms with Crippen LogP contribution < -0.4 is 11.3 Å². The van der Waals surface area contributed by atoms with Gasteiger partial charge >= 0.3 is 0 Å². The van der Waals surface area contributed by atoms with E-state index in [0.29, 0.717) is 46.2 Å². The Morgan fingerprint density at radius 1 is 1.09 bits per heavy atom. The van der Waals surface area contributed by atoms with E-state index in [4.69, 9.17) is 26.8 Å². The molecular weight excluding hydrogens is 454 g/mol. The fourth-order valence-corrected chi connectivity index (χ4v) is 4.30. The number of benzene rings is 1. The fraction of sp³-hybridized carbons (Fsp3) is 0.280. The molecule has 0 atom stereocenters. The van der Waals surface area contributed by atoms with Crippen LogP contribution in [0.2, 0.25) is 5.02 Å². The average molecular weight is 478 g/mol. The Balaban J connectivity index is 1.60. The van der Waals surface area contributed by atoms with E-state index in [9.17, 15) is 4.79 Å². The lowest BCUT2D eigenvalue weighted by Gasteiger charge is -2.28. The second kappa shape index (κ2) is 9.23. The van der Waals surface area contributed by atoms with Crippen LogP contribution in [-0.2, 0) is 16.0 Å². The van der Waals surface area contributed by atoms with Gasteiger partial charge in [0.1, 0.15) is 11.5 Å². The van der Waals surface area contributed by atoms with Gasteiger partial charge in [0.05, 0.1) is 31.5 Å². The lowest BCUT2D eigenvalue weighted by Crippen LogP contribution is -2.43. The minimum Gasteiger partial charge on any atom is -0.349 e. The molecule has 0 radical (unpaired) electrons. The molecule has 3 aromatic heterocycles. The van der Waals surface area contributed by atoms with Crippen molar-refractivity contribution in [3.63, 3.8) is 0 Å². The number of halogens is 1. The molecule has 1 aromatic carbocycles. The first-order valence-electron chi connectivity index (χ1n) is 11.0. The Bertz CT molecular complexity index is 1430. The van der Waals surface area contributed by atoms with Crippen LogP contribution in [0, 0.1) is 13.8 Å². The molecule has 0 spiro atoms. The zero-order valence-corrected chi connectivity index (χ0v) is 19.6. The lowest BCUT2D eigenvalue weighted by atomic mass is 10.0. The normalized spacial score (nSPS) is 18.4. The molecule has 0 unspecified atom stereocenters. The van der Waals surface area contributed by atoms with Crippen LogP contribution in [0.1, 0.15) is 11.5 Å². The highest BCUT2D eigenvalue weighted by Gasteiger charge is 2.23. The largest absolute Gasteiger partial charge is 0.349 e. The highest BCUT2D eigenvalue weighted by atomic mass is 35.5. The molecule has 5 rings (SSSR count). The Morgan fingerprint density at radius 3 is 2.62 bits per heavy atom. The Hall–Kier alpha value is -3.17. The van der Waals surface area contributed by atoms with E-state index in [1.807, 2.05) is 43.3 Å². The van der Waals surface area contributed by atoms with Gasteiger partial charge in [0.15, 0.2) is 6.29 Å². The molecule has 0 saturated carbocycles. The van der Waals surface area contributed by atoms with Crippen molar-refractivity contribution in [2.45, 2.75) is 32.7 Å². The second-order valence-electron chi connectivity index (χ2n) is 8.39. The first-order valence-corrected chi connectivity index (χ1v) is 11.4. The molecule has 174 valence electrons. The molecular formula is C25H24ClN5O3. The predicted octanol–water partition coefficient (Wildman–Crippen LogP) is 3.49. The van der Waals surface area contributed by atoms with Gasteiger partial charge in [-0.3, -0.25) is 14.3 Å². The fourth-order valence-electron chi connectivity index (χ4n) is 4.02. The Labute approximate surface area is 201 Å². The van der Waals surface area contributed by atoms with Crippen LogP contribution in [0.15, 0.2) is 53.5 Å². The van der Waals surface area contributed by atoms with Gasteiger partial charge in [-0.15, -0.1) is 0 Å². The third-order valence-corrected chi connectivity index (χ3v) is 6.03. The molecule has 0 amide bonds. The molecule has 8 nitrogen and oxygen atoms in total. The molecule has 1 aliphatic heterocycles. The average Bonchev–Trinajstić information content (AvgIpc) is 2.82. The maximum absolute atomic E-state index is 13.7. The summed E-state index contributed by atoms with van der Waals surface area (Å²) in [7, 11) is 0. The zero-order valence-electron chi connectivity index (χ0n) is 18.9. The number of hydrogen-bond acceptors (Lipinski definition) is 7. The summed E-state index contributed by atoms with van der Waals surface area (Å²) in [6, 6.07) is 13.0. The highest BCUT2D eigenvalue weighted by molar-refractivity contribution is 6.33. The van der Waals surface area contributed by atoms with Crippen molar-refractivity contribution in [3.05, 3.63) is 75.6 Å². The number of nitrogens with zero attached hydrogens (tertiary/aromatic N) is 4. The topological polar surface area (TPSA) is 105 Å². The first-order chi connectivity index (χ1) is 16.4. The molecule has 9 heteroatoms. The van der Waals surface area contributed by atoms with Gasteiger partial charge in [-0.05, 0) is 38.1 Å². The molecule has 4 aromatic rings. The smallest absolute Gasteiger partial charge is 0.260 e. The summed E-state index contributed by atoms with van der Waals surface area (Å²) in [5.41, 5.74) is 9.79. The molecule has 1 saturated heterocycles. The van der Waals surface area contributed by atoms with E-state index >= 15 is 0 Å². The number of rotatable bonds is 4. The molecule has 34 heavy (non-hydrogen) atoms. The van der Waals surface area contributed by atoms with E-state index in [1.54, 1.807) is 23.8 Å². The summed E-state index contributed by atoms with van der Waals surface area (Å²) in [5, 5.41) is 1.17. The highest BCUT2D eigenvalue weighted by Crippen LogP contribution is 2.31. The monoisotopic (exact) mass is 477 g/mol. The quantitative estimate of drug-likeness (QED) is 0.479. The molecule has 0 aliphatic carbocycles. The van der Waals surface area contributed by atoms with E-state index in [-0.39, 0.29) is 18.1 Å². The molecule has 4 heterocycles. The van der Waals surface area contributed by atoms with Crippen LogP contribution in [0.5, 0.6) is 0 Å². The predicted molar refractivity (Wildman–Crippen MR) is 131 cm³/mol. The van der Waals surface area contributed by atoms with Crippen molar-refractivity contribution < 1.29 is 9.47 Å². The van der Waals surface area contributed by atoms with Gasteiger partial charge in [0.25, 0.3) is 5.56 Å². The maximum Gasteiger partial charge on any atom is 0.260 e. The van der Waals surface area contributed by atoms with Gasteiger partial charge in [0.2, 0.25) is 0 Å². The number of aromatic nitrogens is 4. The molecule has 1 aliphatic rings. The first kappa shape index (κ1) is 22.6. The van der Waals surface area contributed by atoms with Crippen molar-refractivity contribution >= 4 is 22.6 Å². The third kappa shape index (κ3) is 4.45. The van der Waals surface area contributed by atoms with E-state index < -0.39 is 6.29 Å².